The van der Waals surface area contributed by atoms with Crippen LogP contribution in [0.3, 0.4) is 0 Å². The summed E-state index contributed by atoms with van der Waals surface area (Å²) in [6.45, 7) is 4.83. The molecular formula is C57H35BrN2S. The van der Waals surface area contributed by atoms with Gasteiger partial charge in [0.05, 0.1) is 15.7 Å². The molecule has 3 aromatic heterocycles. The molecule has 0 atom stereocenters. The minimum Gasteiger partial charge on any atom is -0.354 e. The van der Waals surface area contributed by atoms with Crippen LogP contribution in [-0.2, 0) is 5.41 Å². The molecule has 3 heterocycles. The van der Waals surface area contributed by atoms with Gasteiger partial charge in [-0.25, -0.2) is 0 Å². The van der Waals surface area contributed by atoms with Gasteiger partial charge in [0, 0.05) is 63.6 Å². The highest BCUT2D eigenvalue weighted by atomic mass is 79.9. The lowest BCUT2D eigenvalue weighted by molar-refractivity contribution is 0.665. The van der Waals surface area contributed by atoms with Crippen LogP contribution in [0.15, 0.2) is 162 Å². The normalized spacial score (nSPS) is 13.9. The van der Waals surface area contributed by atoms with Gasteiger partial charge >= 0.3 is 0 Å². The Morgan fingerprint density at radius 1 is 0.557 bits per heavy atom. The van der Waals surface area contributed by atoms with Gasteiger partial charge in [-0.2, -0.15) is 0 Å². The molecule has 0 saturated heterocycles. The molecule has 0 amide bonds. The summed E-state index contributed by atoms with van der Waals surface area (Å²) in [4.78, 5) is 3.76. The number of aromatic amines is 1. The van der Waals surface area contributed by atoms with Crippen LogP contribution in [0.25, 0.3) is 125 Å². The van der Waals surface area contributed by atoms with Crippen molar-refractivity contribution < 1.29 is 0 Å². The maximum absolute atomic E-state index is 3.80. The zero-order chi connectivity index (χ0) is 40.3. The zero-order valence-corrected chi connectivity index (χ0v) is 35.8. The molecule has 1 aliphatic rings. The Balaban J connectivity index is 0.953. The van der Waals surface area contributed by atoms with E-state index in [0.29, 0.717) is 0 Å². The molecule has 14 rings (SSSR count). The van der Waals surface area contributed by atoms with Gasteiger partial charge in [0.2, 0.25) is 0 Å². The number of nitrogens with one attached hydrogen (secondary N) is 1. The molecule has 1 N–H and O–H groups in total. The molecule has 10 aromatic carbocycles. The van der Waals surface area contributed by atoms with E-state index in [2.05, 4.69) is 209 Å². The van der Waals surface area contributed by atoms with Crippen molar-refractivity contribution in [3.8, 4) is 16.8 Å². The summed E-state index contributed by atoms with van der Waals surface area (Å²) in [6, 6.07) is 58.9. The largest absolute Gasteiger partial charge is 0.354 e. The highest BCUT2D eigenvalue weighted by Crippen LogP contribution is 2.54. The van der Waals surface area contributed by atoms with Crippen molar-refractivity contribution in [1.82, 2.24) is 9.55 Å². The van der Waals surface area contributed by atoms with Crippen molar-refractivity contribution in [1.29, 1.82) is 0 Å². The van der Waals surface area contributed by atoms with Gasteiger partial charge in [0.15, 0.2) is 0 Å². The van der Waals surface area contributed by atoms with E-state index in [9.17, 15) is 0 Å². The number of hydrogen-bond acceptors (Lipinski definition) is 1. The molecule has 0 aliphatic heterocycles. The molecule has 1 aliphatic carbocycles. The average molecular weight is 860 g/mol. The van der Waals surface area contributed by atoms with Crippen LogP contribution >= 0.6 is 27.3 Å². The fourth-order valence-electron chi connectivity index (χ4n) is 11.3. The number of benzene rings is 10. The molecule has 0 radical (unpaired) electrons. The van der Waals surface area contributed by atoms with E-state index >= 15 is 0 Å². The predicted octanol–water partition coefficient (Wildman–Crippen LogP) is 16.9. The van der Waals surface area contributed by atoms with Crippen molar-refractivity contribution in [3.63, 3.8) is 0 Å². The number of nitrogens with zero attached hydrogens (tertiary/aromatic N) is 1. The maximum Gasteiger partial charge on any atom is 0.0720 e. The summed E-state index contributed by atoms with van der Waals surface area (Å²) in [5, 5.41) is 15.9. The first-order valence-electron chi connectivity index (χ1n) is 21.0. The number of rotatable bonds is 4. The molecule has 61 heavy (non-hydrogen) atoms. The number of aromatic nitrogens is 2. The van der Waals surface area contributed by atoms with Gasteiger partial charge in [-0.05, 0) is 114 Å². The Kier molecular flexibility index (Phi) is 6.68. The van der Waals surface area contributed by atoms with Gasteiger partial charge in [-0.1, -0.05) is 151 Å². The van der Waals surface area contributed by atoms with Crippen LogP contribution in [0.2, 0.25) is 0 Å². The van der Waals surface area contributed by atoms with Crippen molar-refractivity contribution in [3.05, 3.63) is 184 Å². The van der Waals surface area contributed by atoms with E-state index in [1.54, 1.807) is 0 Å². The summed E-state index contributed by atoms with van der Waals surface area (Å²) >= 11 is 5.71. The predicted molar refractivity (Wildman–Crippen MR) is 267 cm³/mol. The van der Waals surface area contributed by atoms with E-state index in [-0.39, 0.29) is 5.41 Å². The summed E-state index contributed by atoms with van der Waals surface area (Å²) in [5.41, 5.74) is 13.6. The molecule has 2 nitrogen and oxygen atoms in total. The van der Waals surface area contributed by atoms with Crippen molar-refractivity contribution >= 4 is 136 Å². The van der Waals surface area contributed by atoms with E-state index in [0.717, 1.165) is 4.47 Å². The van der Waals surface area contributed by atoms with Gasteiger partial charge < -0.3 is 9.55 Å². The third kappa shape index (κ3) is 4.51. The van der Waals surface area contributed by atoms with Crippen LogP contribution in [0.1, 0.15) is 36.1 Å². The van der Waals surface area contributed by atoms with Gasteiger partial charge in [0.25, 0.3) is 0 Å². The fourth-order valence-corrected chi connectivity index (χ4v) is 13.2. The summed E-state index contributed by atoms with van der Waals surface area (Å²) in [6.07, 6.45) is 4.63. The Morgan fingerprint density at radius 2 is 1.34 bits per heavy atom. The summed E-state index contributed by atoms with van der Waals surface area (Å²) in [7, 11) is 0. The lowest BCUT2D eigenvalue weighted by Crippen LogP contribution is -2.16. The minimum absolute atomic E-state index is 0.179. The lowest BCUT2D eigenvalue weighted by Gasteiger charge is -2.25. The number of H-pyrrole nitrogens is 1. The maximum atomic E-state index is 3.80. The Hall–Kier alpha value is -6.72. The van der Waals surface area contributed by atoms with E-state index < -0.39 is 0 Å². The molecule has 0 saturated carbocycles. The van der Waals surface area contributed by atoms with E-state index in [1.165, 1.54) is 135 Å². The smallest absolute Gasteiger partial charge is 0.0720 e. The molecular weight excluding hydrogens is 825 g/mol. The molecule has 13 aromatic rings. The van der Waals surface area contributed by atoms with Crippen molar-refractivity contribution in [2.45, 2.75) is 19.3 Å². The standard InChI is InChI=1S/C57H35BrN2S/c1-57(2)44-30-46-51(41-15-6-7-17-45(41)59-46)42-25-23-32-22-24-39(53(57)49(32)52(42)44)34-12-8-10-31(26-34)18-19-33-11-9-16-40-43-28-36-21-20-35-27-37(58)29-47-48(35)50(36)56(61-47)55(43)60(54(33)40)38-13-4-3-5-14-38/h3-30,59H,1-2H3/b19-18-. The Labute approximate surface area is 363 Å². The number of hydrogen-bond donors (Lipinski definition) is 1. The monoisotopic (exact) mass is 858 g/mol. The Morgan fingerprint density at radius 3 is 2.25 bits per heavy atom. The van der Waals surface area contributed by atoms with Gasteiger partial charge in [0.1, 0.15) is 0 Å². The van der Waals surface area contributed by atoms with Crippen LogP contribution in [0.5, 0.6) is 0 Å². The van der Waals surface area contributed by atoms with Crippen LogP contribution in [-0.4, -0.2) is 9.55 Å². The first-order valence-corrected chi connectivity index (χ1v) is 22.6. The average Bonchev–Trinajstić information content (AvgIpc) is 4.02. The molecule has 0 spiro atoms. The second kappa shape index (κ2) is 12.0. The third-order valence-corrected chi connectivity index (χ3v) is 15.4. The lowest BCUT2D eigenvalue weighted by atomic mass is 9.78. The molecule has 0 unspecified atom stereocenters. The van der Waals surface area contributed by atoms with Gasteiger partial charge in [-0.15, -0.1) is 11.3 Å². The topological polar surface area (TPSA) is 20.7 Å². The van der Waals surface area contributed by atoms with Crippen molar-refractivity contribution in [2.24, 2.45) is 0 Å². The van der Waals surface area contributed by atoms with E-state index in [4.69, 9.17) is 0 Å². The highest BCUT2D eigenvalue weighted by molar-refractivity contribution is 9.10. The number of para-hydroxylation sites is 3. The molecule has 4 heteroatoms. The number of fused-ring (bicyclic) bond motifs is 8. The molecule has 0 fully saturated rings. The summed E-state index contributed by atoms with van der Waals surface area (Å²) in [5.74, 6) is 0. The van der Waals surface area contributed by atoms with Crippen LogP contribution in [0.4, 0.5) is 0 Å². The fraction of sp³-hybridized carbons (Fsp3) is 0.0526. The van der Waals surface area contributed by atoms with Gasteiger partial charge in [-0.3, -0.25) is 0 Å². The van der Waals surface area contributed by atoms with Crippen LogP contribution < -0.4 is 0 Å². The van der Waals surface area contributed by atoms with Crippen LogP contribution in [0, 0.1) is 0 Å². The quantitative estimate of drug-likeness (QED) is 0.134. The summed E-state index contributed by atoms with van der Waals surface area (Å²) < 4.78 is 6.29. The zero-order valence-electron chi connectivity index (χ0n) is 33.4. The first kappa shape index (κ1) is 34.0. The minimum atomic E-state index is -0.179. The van der Waals surface area contributed by atoms with Crippen molar-refractivity contribution in [2.75, 3.05) is 0 Å². The molecule has 286 valence electrons. The number of halogens is 1. The second-order valence-corrected chi connectivity index (χ2v) is 19.4. The molecule has 0 bridgehead atoms. The van der Waals surface area contributed by atoms with E-state index in [1.807, 2.05) is 11.3 Å². The SMILES string of the molecule is CC1(C)c2c(-c3cccc(/C=C\c4cccc5c6cc7ccc8cc(Br)cc9sc(c7c89)c6n(-c6ccccc6)c45)c3)ccc3ccc4c(c1cc1[nH]c5ccccc5c14)c23. The first-order chi connectivity index (χ1) is 29.9. The Bertz CT molecular complexity index is 4080. The second-order valence-electron chi connectivity index (χ2n) is 17.5. The third-order valence-electron chi connectivity index (χ3n) is 13.8. The number of thiophene rings is 1. The highest BCUT2D eigenvalue weighted by Gasteiger charge is 2.37.